The van der Waals surface area contributed by atoms with Crippen molar-refractivity contribution in [2.45, 2.75) is 50.7 Å². The molecule has 2 fully saturated rings. The number of amides is 1. The van der Waals surface area contributed by atoms with Crippen LogP contribution in [-0.2, 0) is 4.79 Å². The Balaban J connectivity index is 1.43. The second-order valence-corrected chi connectivity index (χ2v) is 5.54. The van der Waals surface area contributed by atoms with Crippen LogP contribution in [0.2, 0.25) is 0 Å². The van der Waals surface area contributed by atoms with Crippen LogP contribution < -0.4 is 10.1 Å². The van der Waals surface area contributed by atoms with Crippen LogP contribution in [-0.4, -0.2) is 23.0 Å². The largest absolute Gasteiger partial charge is 0.474 e. The molecule has 3 rings (SSSR count). The Morgan fingerprint density at radius 3 is 2.58 bits per heavy atom. The number of pyridine rings is 1. The van der Waals surface area contributed by atoms with Crippen LogP contribution in [0.5, 0.6) is 5.88 Å². The van der Waals surface area contributed by atoms with Gasteiger partial charge in [-0.25, -0.2) is 4.98 Å². The smallest absolute Gasteiger partial charge is 0.223 e. The second kappa shape index (κ2) is 5.59. The molecule has 4 nitrogen and oxygen atoms in total. The van der Waals surface area contributed by atoms with E-state index < -0.39 is 0 Å². The lowest BCUT2D eigenvalue weighted by atomic mass is 9.93. The van der Waals surface area contributed by atoms with Gasteiger partial charge in [0.1, 0.15) is 6.10 Å². The Bertz CT molecular complexity index is 423. The van der Waals surface area contributed by atoms with Crippen molar-refractivity contribution in [1.29, 1.82) is 0 Å². The first-order chi connectivity index (χ1) is 9.31. The highest BCUT2D eigenvalue weighted by Gasteiger charge is 2.32. The van der Waals surface area contributed by atoms with Gasteiger partial charge >= 0.3 is 0 Å². The summed E-state index contributed by atoms with van der Waals surface area (Å²) in [4.78, 5) is 15.9. The number of hydrogen-bond acceptors (Lipinski definition) is 3. The molecule has 1 heterocycles. The maximum atomic E-state index is 11.7. The van der Waals surface area contributed by atoms with Crippen LogP contribution in [0.25, 0.3) is 0 Å². The second-order valence-electron chi connectivity index (χ2n) is 5.54. The molecule has 102 valence electrons. The standard InChI is InChI=1S/C15H20N2O2/c18-15(11-4-5-11)17-12-6-8-13(9-7-12)19-14-3-1-2-10-16-14/h1-3,10-13H,4-9H2,(H,17,18). The number of hydrogen-bond donors (Lipinski definition) is 1. The number of rotatable bonds is 4. The molecule has 0 unspecified atom stereocenters. The molecule has 19 heavy (non-hydrogen) atoms. The summed E-state index contributed by atoms with van der Waals surface area (Å²) in [7, 11) is 0. The third-order valence-electron chi connectivity index (χ3n) is 3.89. The summed E-state index contributed by atoms with van der Waals surface area (Å²) in [5.41, 5.74) is 0. The Kier molecular flexibility index (Phi) is 3.67. The van der Waals surface area contributed by atoms with E-state index in [0.29, 0.717) is 17.8 Å². The topological polar surface area (TPSA) is 51.2 Å². The minimum Gasteiger partial charge on any atom is -0.474 e. The number of ether oxygens (including phenoxy) is 1. The van der Waals surface area contributed by atoms with Gasteiger partial charge in [-0.05, 0) is 44.6 Å². The van der Waals surface area contributed by atoms with Crippen molar-refractivity contribution in [2.75, 3.05) is 0 Å². The zero-order chi connectivity index (χ0) is 13.1. The molecular weight excluding hydrogens is 240 g/mol. The molecule has 0 radical (unpaired) electrons. The zero-order valence-electron chi connectivity index (χ0n) is 11.0. The molecule has 2 saturated carbocycles. The molecule has 0 saturated heterocycles. The summed E-state index contributed by atoms with van der Waals surface area (Å²) in [6.07, 6.45) is 8.14. The normalized spacial score (nSPS) is 26.7. The van der Waals surface area contributed by atoms with E-state index in [1.165, 1.54) is 0 Å². The number of nitrogens with zero attached hydrogens (tertiary/aromatic N) is 1. The predicted molar refractivity (Wildman–Crippen MR) is 71.8 cm³/mol. The first-order valence-electron chi connectivity index (χ1n) is 7.19. The minimum absolute atomic E-state index is 0.240. The molecule has 0 aromatic carbocycles. The Hall–Kier alpha value is -1.58. The van der Waals surface area contributed by atoms with Gasteiger partial charge in [0.15, 0.2) is 0 Å². The van der Waals surface area contributed by atoms with E-state index in [1.807, 2.05) is 18.2 Å². The van der Waals surface area contributed by atoms with Gasteiger partial charge in [0, 0.05) is 24.2 Å². The fraction of sp³-hybridized carbons (Fsp3) is 0.600. The van der Waals surface area contributed by atoms with Gasteiger partial charge in [0.25, 0.3) is 0 Å². The van der Waals surface area contributed by atoms with Crippen molar-refractivity contribution in [3.05, 3.63) is 24.4 Å². The molecule has 0 atom stereocenters. The molecule has 1 amide bonds. The third kappa shape index (κ3) is 3.46. The van der Waals surface area contributed by atoms with Crippen LogP contribution in [0.1, 0.15) is 38.5 Å². The Morgan fingerprint density at radius 1 is 1.16 bits per heavy atom. The minimum atomic E-state index is 0.240. The molecule has 0 bridgehead atoms. The molecule has 0 aliphatic heterocycles. The lowest BCUT2D eigenvalue weighted by molar-refractivity contribution is -0.123. The maximum absolute atomic E-state index is 11.7. The van der Waals surface area contributed by atoms with E-state index in [2.05, 4.69) is 10.3 Å². The highest BCUT2D eigenvalue weighted by Crippen LogP contribution is 2.30. The molecule has 1 aromatic heterocycles. The molecule has 1 aromatic rings. The van der Waals surface area contributed by atoms with Crippen LogP contribution >= 0.6 is 0 Å². The van der Waals surface area contributed by atoms with E-state index in [9.17, 15) is 4.79 Å². The van der Waals surface area contributed by atoms with Gasteiger partial charge in [-0.3, -0.25) is 4.79 Å². The molecule has 2 aliphatic carbocycles. The number of nitrogens with one attached hydrogen (secondary N) is 1. The summed E-state index contributed by atoms with van der Waals surface area (Å²) in [5, 5.41) is 3.16. The van der Waals surface area contributed by atoms with Gasteiger partial charge in [-0.15, -0.1) is 0 Å². The third-order valence-corrected chi connectivity index (χ3v) is 3.89. The van der Waals surface area contributed by atoms with Crippen molar-refractivity contribution in [1.82, 2.24) is 10.3 Å². The Morgan fingerprint density at radius 2 is 1.95 bits per heavy atom. The van der Waals surface area contributed by atoms with Crippen molar-refractivity contribution in [3.63, 3.8) is 0 Å². The van der Waals surface area contributed by atoms with Gasteiger partial charge in [-0.2, -0.15) is 0 Å². The highest BCUT2D eigenvalue weighted by atomic mass is 16.5. The van der Waals surface area contributed by atoms with Crippen molar-refractivity contribution < 1.29 is 9.53 Å². The average Bonchev–Trinajstić information content (AvgIpc) is 3.27. The van der Waals surface area contributed by atoms with E-state index in [0.717, 1.165) is 38.5 Å². The van der Waals surface area contributed by atoms with Gasteiger partial charge < -0.3 is 10.1 Å². The SMILES string of the molecule is O=C(NC1CCC(Oc2ccccn2)CC1)C1CC1. The zero-order valence-corrected chi connectivity index (χ0v) is 11.0. The summed E-state index contributed by atoms with van der Waals surface area (Å²) >= 11 is 0. The van der Waals surface area contributed by atoms with Crippen LogP contribution in [0.15, 0.2) is 24.4 Å². The Labute approximate surface area is 113 Å². The van der Waals surface area contributed by atoms with E-state index in [-0.39, 0.29) is 12.0 Å². The van der Waals surface area contributed by atoms with Gasteiger partial charge in [0.05, 0.1) is 0 Å². The van der Waals surface area contributed by atoms with Crippen molar-refractivity contribution in [3.8, 4) is 5.88 Å². The molecule has 4 heteroatoms. The highest BCUT2D eigenvalue weighted by molar-refractivity contribution is 5.81. The first kappa shape index (κ1) is 12.5. The maximum Gasteiger partial charge on any atom is 0.223 e. The molecule has 1 N–H and O–H groups in total. The number of carbonyl (C=O) groups is 1. The summed E-state index contributed by atoms with van der Waals surface area (Å²) in [6.45, 7) is 0. The van der Waals surface area contributed by atoms with Crippen LogP contribution in [0.4, 0.5) is 0 Å². The van der Waals surface area contributed by atoms with Crippen molar-refractivity contribution >= 4 is 5.91 Å². The van der Waals surface area contributed by atoms with E-state index >= 15 is 0 Å². The van der Waals surface area contributed by atoms with Gasteiger partial charge in [0.2, 0.25) is 11.8 Å². The van der Waals surface area contributed by atoms with Gasteiger partial charge in [-0.1, -0.05) is 6.07 Å². The fourth-order valence-electron chi connectivity index (χ4n) is 2.58. The summed E-state index contributed by atoms with van der Waals surface area (Å²) in [5.74, 6) is 1.27. The lowest BCUT2D eigenvalue weighted by Gasteiger charge is -2.29. The summed E-state index contributed by atoms with van der Waals surface area (Å²) in [6, 6.07) is 6.05. The fourth-order valence-corrected chi connectivity index (χ4v) is 2.58. The van der Waals surface area contributed by atoms with E-state index in [1.54, 1.807) is 6.20 Å². The summed E-state index contributed by atoms with van der Waals surface area (Å²) < 4.78 is 5.84. The van der Waals surface area contributed by atoms with Crippen LogP contribution in [0, 0.1) is 5.92 Å². The molecule has 0 spiro atoms. The molecular formula is C15H20N2O2. The number of aromatic nitrogens is 1. The van der Waals surface area contributed by atoms with Crippen LogP contribution in [0.3, 0.4) is 0 Å². The van der Waals surface area contributed by atoms with Crippen molar-refractivity contribution in [2.24, 2.45) is 5.92 Å². The average molecular weight is 260 g/mol. The van der Waals surface area contributed by atoms with E-state index in [4.69, 9.17) is 4.74 Å². The predicted octanol–water partition coefficient (Wildman–Crippen LogP) is 2.30. The quantitative estimate of drug-likeness (QED) is 0.903. The number of carbonyl (C=O) groups excluding carboxylic acids is 1. The lowest BCUT2D eigenvalue weighted by Crippen LogP contribution is -2.40. The molecule has 2 aliphatic rings. The monoisotopic (exact) mass is 260 g/mol. The first-order valence-corrected chi connectivity index (χ1v) is 7.19.